The minimum absolute atomic E-state index is 0.0468. The molecule has 0 unspecified atom stereocenters. The molecule has 0 saturated heterocycles. The van der Waals surface area contributed by atoms with Crippen molar-refractivity contribution in [1.82, 2.24) is 10.0 Å². The SMILES string of the molecule is O=C(Nc1cc(S(=O)(=O)NCC(F)(F)F)ccc1-c1ccccc1)NC1CCCC1. The van der Waals surface area contributed by atoms with E-state index in [0.717, 1.165) is 37.3 Å². The smallest absolute Gasteiger partial charge is 0.335 e. The number of hydrogen-bond donors (Lipinski definition) is 3. The van der Waals surface area contributed by atoms with Crippen molar-refractivity contribution in [3.8, 4) is 11.1 Å². The zero-order chi connectivity index (χ0) is 21.8. The van der Waals surface area contributed by atoms with Crippen molar-refractivity contribution in [2.75, 3.05) is 11.9 Å². The number of alkyl halides is 3. The molecule has 0 aromatic heterocycles. The van der Waals surface area contributed by atoms with Gasteiger partial charge in [0.25, 0.3) is 0 Å². The van der Waals surface area contributed by atoms with Crippen molar-refractivity contribution in [2.24, 2.45) is 0 Å². The monoisotopic (exact) mass is 441 g/mol. The normalized spacial score (nSPS) is 15.2. The molecule has 0 spiro atoms. The first-order valence-corrected chi connectivity index (χ1v) is 11.0. The van der Waals surface area contributed by atoms with Crippen molar-refractivity contribution in [1.29, 1.82) is 0 Å². The second kappa shape index (κ2) is 9.05. The first kappa shape index (κ1) is 22.1. The van der Waals surface area contributed by atoms with E-state index in [1.165, 1.54) is 16.9 Å². The van der Waals surface area contributed by atoms with Crippen LogP contribution in [0.2, 0.25) is 0 Å². The summed E-state index contributed by atoms with van der Waals surface area (Å²) in [5.74, 6) is 0. The van der Waals surface area contributed by atoms with E-state index in [1.54, 1.807) is 24.3 Å². The number of halogens is 3. The van der Waals surface area contributed by atoms with Gasteiger partial charge in [0.1, 0.15) is 6.54 Å². The summed E-state index contributed by atoms with van der Waals surface area (Å²) < 4.78 is 63.5. The van der Waals surface area contributed by atoms with Gasteiger partial charge in [0.05, 0.1) is 10.6 Å². The number of sulfonamides is 1. The Morgan fingerprint density at radius 2 is 1.70 bits per heavy atom. The van der Waals surface area contributed by atoms with E-state index in [4.69, 9.17) is 0 Å². The number of carbonyl (C=O) groups excluding carboxylic acids is 1. The molecule has 0 radical (unpaired) electrons. The lowest BCUT2D eigenvalue weighted by Gasteiger charge is -2.17. The average molecular weight is 441 g/mol. The third-order valence-electron chi connectivity index (χ3n) is 4.79. The molecule has 0 heterocycles. The van der Waals surface area contributed by atoms with Gasteiger partial charge in [-0.1, -0.05) is 49.2 Å². The van der Waals surface area contributed by atoms with Gasteiger partial charge in [-0.2, -0.15) is 13.2 Å². The molecule has 2 amide bonds. The highest BCUT2D eigenvalue weighted by Crippen LogP contribution is 2.31. The lowest BCUT2D eigenvalue weighted by Crippen LogP contribution is -2.36. The summed E-state index contributed by atoms with van der Waals surface area (Å²) in [6, 6.07) is 12.3. The average Bonchev–Trinajstić information content (AvgIpc) is 3.19. The van der Waals surface area contributed by atoms with Gasteiger partial charge in [0.15, 0.2) is 0 Å². The molecule has 30 heavy (non-hydrogen) atoms. The van der Waals surface area contributed by atoms with Crippen LogP contribution in [0.5, 0.6) is 0 Å². The molecule has 0 bridgehead atoms. The molecular weight excluding hydrogens is 419 g/mol. The summed E-state index contributed by atoms with van der Waals surface area (Å²) in [6.45, 7) is -1.68. The van der Waals surface area contributed by atoms with Gasteiger partial charge in [-0.15, -0.1) is 0 Å². The van der Waals surface area contributed by atoms with Gasteiger partial charge < -0.3 is 10.6 Å². The Labute approximate surface area is 172 Å². The number of carbonyl (C=O) groups is 1. The Morgan fingerprint density at radius 3 is 2.33 bits per heavy atom. The van der Waals surface area contributed by atoms with Crippen LogP contribution in [-0.4, -0.2) is 33.2 Å². The van der Waals surface area contributed by atoms with Crippen LogP contribution in [0, 0.1) is 0 Å². The standard InChI is InChI=1S/C20H22F3N3O3S/c21-20(22,23)13-24-30(28,29)16-10-11-17(14-6-2-1-3-7-14)18(12-16)26-19(27)25-15-8-4-5-9-15/h1-3,6-7,10-12,15,24H,4-5,8-9,13H2,(H2,25,26,27). The Kier molecular flexibility index (Phi) is 6.67. The van der Waals surface area contributed by atoms with Crippen molar-refractivity contribution >= 4 is 21.7 Å². The van der Waals surface area contributed by atoms with Crippen molar-refractivity contribution in [3.05, 3.63) is 48.5 Å². The lowest BCUT2D eigenvalue weighted by molar-refractivity contribution is -0.121. The molecule has 1 saturated carbocycles. The van der Waals surface area contributed by atoms with Gasteiger partial charge in [-0.25, -0.2) is 17.9 Å². The van der Waals surface area contributed by atoms with Gasteiger partial charge in [-0.3, -0.25) is 0 Å². The summed E-state index contributed by atoms with van der Waals surface area (Å²) in [5.41, 5.74) is 1.46. The highest BCUT2D eigenvalue weighted by Gasteiger charge is 2.30. The van der Waals surface area contributed by atoms with Crippen molar-refractivity contribution in [2.45, 2.75) is 42.8 Å². The van der Waals surface area contributed by atoms with Crippen molar-refractivity contribution in [3.63, 3.8) is 0 Å². The number of anilines is 1. The number of nitrogens with one attached hydrogen (secondary N) is 3. The molecule has 0 atom stereocenters. The van der Waals surface area contributed by atoms with Crippen LogP contribution in [0.1, 0.15) is 25.7 Å². The number of benzene rings is 2. The fourth-order valence-corrected chi connectivity index (χ4v) is 4.38. The van der Waals surface area contributed by atoms with Gasteiger partial charge in [0.2, 0.25) is 10.0 Å². The maximum absolute atomic E-state index is 12.4. The number of amides is 2. The van der Waals surface area contributed by atoms with Crippen LogP contribution in [0.15, 0.2) is 53.4 Å². The third-order valence-corrected chi connectivity index (χ3v) is 6.19. The Bertz CT molecular complexity index is 989. The fourth-order valence-electron chi connectivity index (χ4n) is 3.34. The van der Waals surface area contributed by atoms with E-state index in [2.05, 4.69) is 10.6 Å². The van der Waals surface area contributed by atoms with E-state index in [-0.39, 0.29) is 16.6 Å². The molecule has 3 N–H and O–H groups in total. The molecule has 6 nitrogen and oxygen atoms in total. The minimum atomic E-state index is -4.68. The minimum Gasteiger partial charge on any atom is -0.335 e. The molecule has 0 aliphatic heterocycles. The summed E-state index contributed by atoms with van der Waals surface area (Å²) in [7, 11) is -4.41. The van der Waals surface area contributed by atoms with Crippen LogP contribution in [0.4, 0.5) is 23.7 Å². The molecule has 10 heteroatoms. The van der Waals surface area contributed by atoms with E-state index >= 15 is 0 Å². The molecular formula is C20H22F3N3O3S. The zero-order valence-electron chi connectivity index (χ0n) is 16.0. The second-order valence-electron chi connectivity index (χ2n) is 7.09. The molecule has 3 rings (SSSR count). The summed E-state index contributed by atoms with van der Waals surface area (Å²) in [6.07, 6.45) is -0.888. The summed E-state index contributed by atoms with van der Waals surface area (Å²) in [5, 5.41) is 5.50. The lowest BCUT2D eigenvalue weighted by atomic mass is 10.0. The largest absolute Gasteiger partial charge is 0.402 e. The van der Waals surface area contributed by atoms with Gasteiger partial charge in [0, 0.05) is 11.6 Å². The van der Waals surface area contributed by atoms with E-state index in [0.29, 0.717) is 5.56 Å². The van der Waals surface area contributed by atoms with Crippen LogP contribution in [0.3, 0.4) is 0 Å². The highest BCUT2D eigenvalue weighted by atomic mass is 32.2. The third kappa shape index (κ3) is 5.96. The van der Waals surface area contributed by atoms with E-state index < -0.39 is 28.8 Å². The molecule has 1 aliphatic rings. The Hall–Kier alpha value is -2.59. The van der Waals surface area contributed by atoms with E-state index in [9.17, 15) is 26.4 Å². The number of hydrogen-bond acceptors (Lipinski definition) is 3. The van der Waals surface area contributed by atoms with Crippen molar-refractivity contribution < 1.29 is 26.4 Å². The molecule has 162 valence electrons. The summed E-state index contributed by atoms with van der Waals surface area (Å²) in [4.78, 5) is 12.1. The predicted octanol–water partition coefficient (Wildman–Crippen LogP) is 4.26. The number of urea groups is 1. The zero-order valence-corrected chi connectivity index (χ0v) is 16.8. The molecule has 2 aromatic rings. The maximum Gasteiger partial charge on any atom is 0.402 e. The topological polar surface area (TPSA) is 87.3 Å². The Morgan fingerprint density at radius 1 is 1.03 bits per heavy atom. The summed E-state index contributed by atoms with van der Waals surface area (Å²) >= 11 is 0. The predicted molar refractivity (Wildman–Crippen MR) is 108 cm³/mol. The van der Waals surface area contributed by atoms with Crippen LogP contribution >= 0.6 is 0 Å². The first-order chi connectivity index (χ1) is 14.1. The van der Waals surface area contributed by atoms with E-state index in [1.807, 2.05) is 6.07 Å². The molecule has 2 aromatic carbocycles. The second-order valence-corrected chi connectivity index (χ2v) is 8.86. The molecule has 1 fully saturated rings. The highest BCUT2D eigenvalue weighted by molar-refractivity contribution is 7.89. The fraction of sp³-hybridized carbons (Fsp3) is 0.350. The van der Waals surface area contributed by atoms with Crippen LogP contribution < -0.4 is 15.4 Å². The number of rotatable bonds is 6. The van der Waals surface area contributed by atoms with Gasteiger partial charge in [-0.05, 0) is 30.5 Å². The molecule has 1 aliphatic carbocycles. The quantitative estimate of drug-likeness (QED) is 0.626. The van der Waals surface area contributed by atoms with Crippen LogP contribution in [0.25, 0.3) is 11.1 Å². The maximum atomic E-state index is 12.4. The van der Waals surface area contributed by atoms with Crippen LogP contribution in [-0.2, 0) is 10.0 Å². The Balaban J connectivity index is 1.89. The van der Waals surface area contributed by atoms with Gasteiger partial charge >= 0.3 is 12.2 Å². The first-order valence-electron chi connectivity index (χ1n) is 9.47.